The van der Waals surface area contributed by atoms with E-state index in [1.54, 1.807) is 0 Å². The van der Waals surface area contributed by atoms with E-state index < -0.39 is 11.8 Å². The molecule has 1 aromatic carbocycles. The maximum Gasteiger partial charge on any atom is 0.313 e. The maximum atomic E-state index is 12.0. The third-order valence-corrected chi connectivity index (χ3v) is 4.61. The van der Waals surface area contributed by atoms with Crippen LogP contribution in [0, 0.1) is 19.8 Å². The van der Waals surface area contributed by atoms with Gasteiger partial charge in [0.25, 0.3) is 0 Å². The molecule has 0 radical (unpaired) electrons. The van der Waals surface area contributed by atoms with E-state index in [0.717, 1.165) is 43.9 Å². The van der Waals surface area contributed by atoms with Crippen LogP contribution in [0.4, 0.5) is 5.69 Å². The average molecular weight is 346 g/mol. The molecule has 1 aliphatic heterocycles. The lowest BCUT2D eigenvalue weighted by Crippen LogP contribution is -2.47. The van der Waals surface area contributed by atoms with Gasteiger partial charge in [-0.3, -0.25) is 9.59 Å². The van der Waals surface area contributed by atoms with Gasteiger partial charge < -0.3 is 20.4 Å². The molecule has 1 aliphatic rings. The summed E-state index contributed by atoms with van der Waals surface area (Å²) in [4.78, 5) is 28.8. The minimum absolute atomic E-state index is 0.307. The molecule has 0 unspecified atom stereocenters. The SMILES string of the molecule is Cc1ccc(NC(=O)C(=O)NC[C@H](C)CN2CCN(C)CC2)c(C)c1. The molecule has 2 rings (SSSR count). The smallest absolute Gasteiger partial charge is 0.313 e. The van der Waals surface area contributed by atoms with Gasteiger partial charge in [-0.05, 0) is 38.4 Å². The highest BCUT2D eigenvalue weighted by Crippen LogP contribution is 2.15. The van der Waals surface area contributed by atoms with Crippen LogP contribution >= 0.6 is 0 Å². The number of hydrogen-bond acceptors (Lipinski definition) is 4. The number of rotatable bonds is 5. The summed E-state index contributed by atoms with van der Waals surface area (Å²) in [6, 6.07) is 5.72. The number of amides is 2. The molecule has 0 bridgehead atoms. The molecule has 1 aromatic rings. The molecular formula is C19H30N4O2. The minimum atomic E-state index is -0.612. The summed E-state index contributed by atoms with van der Waals surface area (Å²) in [6.45, 7) is 11.7. The summed E-state index contributed by atoms with van der Waals surface area (Å²) < 4.78 is 0. The van der Waals surface area contributed by atoms with Crippen LogP contribution in [0.5, 0.6) is 0 Å². The summed E-state index contributed by atoms with van der Waals surface area (Å²) in [5.74, 6) is -0.884. The van der Waals surface area contributed by atoms with Gasteiger partial charge in [-0.1, -0.05) is 24.6 Å². The molecule has 1 heterocycles. The lowest BCUT2D eigenvalue weighted by atomic mass is 10.1. The predicted octanol–water partition coefficient (Wildman–Crippen LogP) is 1.24. The second-order valence-corrected chi connectivity index (χ2v) is 7.19. The van der Waals surface area contributed by atoms with Gasteiger partial charge in [0.05, 0.1) is 0 Å². The number of aryl methyl sites for hydroxylation is 2. The van der Waals surface area contributed by atoms with Crippen LogP contribution in [0.2, 0.25) is 0 Å². The van der Waals surface area contributed by atoms with E-state index in [0.29, 0.717) is 18.2 Å². The molecule has 6 nitrogen and oxygen atoms in total. The predicted molar refractivity (Wildman–Crippen MR) is 101 cm³/mol. The molecule has 6 heteroatoms. The number of hydrogen-bond donors (Lipinski definition) is 2. The van der Waals surface area contributed by atoms with Crippen molar-refractivity contribution in [3.05, 3.63) is 29.3 Å². The summed E-state index contributed by atoms with van der Waals surface area (Å²) in [5, 5.41) is 5.42. The molecular weight excluding hydrogens is 316 g/mol. The van der Waals surface area contributed by atoms with Gasteiger partial charge in [-0.2, -0.15) is 0 Å². The molecule has 1 atom stereocenters. The Morgan fingerprint density at radius 2 is 1.80 bits per heavy atom. The molecule has 0 spiro atoms. The zero-order valence-electron chi connectivity index (χ0n) is 15.8. The quantitative estimate of drug-likeness (QED) is 0.788. The number of nitrogens with one attached hydrogen (secondary N) is 2. The summed E-state index contributed by atoms with van der Waals surface area (Å²) >= 11 is 0. The Hall–Kier alpha value is -1.92. The van der Waals surface area contributed by atoms with E-state index in [-0.39, 0.29) is 0 Å². The summed E-state index contributed by atoms with van der Waals surface area (Å²) in [7, 11) is 2.13. The molecule has 1 saturated heterocycles. The number of carbonyl (C=O) groups is 2. The van der Waals surface area contributed by atoms with Gasteiger partial charge in [-0.15, -0.1) is 0 Å². The van der Waals surface area contributed by atoms with E-state index >= 15 is 0 Å². The van der Waals surface area contributed by atoms with Gasteiger partial charge in [0.2, 0.25) is 0 Å². The summed E-state index contributed by atoms with van der Waals surface area (Å²) in [6.07, 6.45) is 0. The molecule has 2 amide bonds. The Morgan fingerprint density at radius 3 is 2.44 bits per heavy atom. The van der Waals surface area contributed by atoms with Crippen molar-refractivity contribution in [2.24, 2.45) is 5.92 Å². The first-order valence-corrected chi connectivity index (χ1v) is 8.92. The van der Waals surface area contributed by atoms with E-state index in [2.05, 4.69) is 34.4 Å². The van der Waals surface area contributed by atoms with Gasteiger partial charge in [0.15, 0.2) is 0 Å². The van der Waals surface area contributed by atoms with Gasteiger partial charge in [-0.25, -0.2) is 0 Å². The van der Waals surface area contributed by atoms with Crippen molar-refractivity contribution in [1.29, 1.82) is 0 Å². The Morgan fingerprint density at radius 1 is 1.12 bits per heavy atom. The van der Waals surface area contributed by atoms with E-state index in [9.17, 15) is 9.59 Å². The van der Waals surface area contributed by atoms with Crippen LogP contribution in [0.15, 0.2) is 18.2 Å². The standard InChI is InChI=1S/C19H30N4O2/c1-14-5-6-17(16(3)11-14)21-19(25)18(24)20-12-15(2)13-23-9-7-22(4)8-10-23/h5-6,11,15H,7-10,12-13H2,1-4H3,(H,20,24)(H,21,25)/t15-/m0/s1. The van der Waals surface area contributed by atoms with Crippen LogP contribution in [-0.2, 0) is 9.59 Å². The molecule has 2 N–H and O–H groups in total. The number of carbonyl (C=O) groups excluding carboxylic acids is 2. The Labute approximate surface area is 150 Å². The highest BCUT2D eigenvalue weighted by molar-refractivity contribution is 6.39. The van der Waals surface area contributed by atoms with Crippen LogP contribution in [0.3, 0.4) is 0 Å². The lowest BCUT2D eigenvalue weighted by molar-refractivity contribution is -0.136. The summed E-state index contributed by atoms with van der Waals surface area (Å²) in [5.41, 5.74) is 2.75. The van der Waals surface area contributed by atoms with Crippen molar-refractivity contribution in [2.75, 3.05) is 51.6 Å². The van der Waals surface area contributed by atoms with E-state index in [1.807, 2.05) is 32.0 Å². The molecule has 25 heavy (non-hydrogen) atoms. The first-order valence-electron chi connectivity index (χ1n) is 8.92. The number of likely N-dealkylation sites (N-methyl/N-ethyl adjacent to an activating group) is 1. The lowest BCUT2D eigenvalue weighted by Gasteiger charge is -2.33. The van der Waals surface area contributed by atoms with Gasteiger partial charge in [0, 0.05) is 45.0 Å². The van der Waals surface area contributed by atoms with Gasteiger partial charge >= 0.3 is 11.8 Å². The maximum absolute atomic E-state index is 12.0. The van der Waals surface area contributed by atoms with Crippen molar-refractivity contribution in [3.63, 3.8) is 0 Å². The van der Waals surface area contributed by atoms with Crippen LogP contribution in [0.1, 0.15) is 18.1 Å². The Balaban J connectivity index is 1.74. The molecule has 0 aliphatic carbocycles. The van der Waals surface area contributed by atoms with Crippen molar-refractivity contribution in [2.45, 2.75) is 20.8 Å². The fourth-order valence-corrected chi connectivity index (χ4v) is 3.02. The fraction of sp³-hybridized carbons (Fsp3) is 0.579. The van der Waals surface area contributed by atoms with Crippen LogP contribution < -0.4 is 10.6 Å². The largest absolute Gasteiger partial charge is 0.348 e. The van der Waals surface area contributed by atoms with E-state index in [1.165, 1.54) is 0 Å². The number of nitrogens with zero attached hydrogens (tertiary/aromatic N) is 2. The fourth-order valence-electron chi connectivity index (χ4n) is 3.02. The third-order valence-electron chi connectivity index (χ3n) is 4.61. The van der Waals surface area contributed by atoms with Crippen molar-refractivity contribution in [3.8, 4) is 0 Å². The number of piperazine rings is 1. The first-order chi connectivity index (χ1) is 11.8. The van der Waals surface area contributed by atoms with Crippen LogP contribution in [-0.4, -0.2) is 67.9 Å². The highest BCUT2D eigenvalue weighted by Gasteiger charge is 2.18. The first kappa shape index (κ1) is 19.4. The second kappa shape index (κ2) is 8.97. The monoisotopic (exact) mass is 346 g/mol. The van der Waals surface area contributed by atoms with E-state index in [4.69, 9.17) is 0 Å². The third kappa shape index (κ3) is 6.14. The average Bonchev–Trinajstić information content (AvgIpc) is 2.57. The van der Waals surface area contributed by atoms with Crippen molar-refractivity contribution in [1.82, 2.24) is 15.1 Å². The minimum Gasteiger partial charge on any atom is -0.348 e. The van der Waals surface area contributed by atoms with Gasteiger partial charge in [0.1, 0.15) is 0 Å². The van der Waals surface area contributed by atoms with Crippen molar-refractivity contribution < 1.29 is 9.59 Å². The highest BCUT2D eigenvalue weighted by atomic mass is 16.2. The number of benzene rings is 1. The Kier molecular flexibility index (Phi) is 6.96. The zero-order valence-corrected chi connectivity index (χ0v) is 15.8. The Bertz CT molecular complexity index is 609. The number of anilines is 1. The molecule has 0 aromatic heterocycles. The second-order valence-electron chi connectivity index (χ2n) is 7.19. The normalized spacial score (nSPS) is 17.1. The van der Waals surface area contributed by atoms with Crippen LogP contribution in [0.25, 0.3) is 0 Å². The molecule has 1 fully saturated rings. The zero-order chi connectivity index (χ0) is 18.4. The molecule has 138 valence electrons. The molecule has 0 saturated carbocycles. The van der Waals surface area contributed by atoms with Crippen molar-refractivity contribution >= 4 is 17.5 Å². The topological polar surface area (TPSA) is 64.7 Å².